The Morgan fingerprint density at radius 2 is 2.26 bits per heavy atom. The zero-order valence-electron chi connectivity index (χ0n) is 12.8. The minimum Gasteiger partial charge on any atom is -0.482 e. The maximum absolute atomic E-state index is 13.0. The minimum absolute atomic E-state index is 0.0470. The summed E-state index contributed by atoms with van der Waals surface area (Å²) in [7, 11) is -2.00. The van der Waals surface area contributed by atoms with Crippen LogP contribution >= 0.6 is 11.6 Å². The summed E-state index contributed by atoms with van der Waals surface area (Å²) >= 11 is 5.95. The molecule has 1 unspecified atom stereocenters. The number of ether oxygens (including phenoxy) is 1. The third kappa shape index (κ3) is 4.14. The summed E-state index contributed by atoms with van der Waals surface area (Å²) in [6.45, 7) is 0.609. The number of hydrogen-bond donors (Lipinski definition) is 2. The Hall–Kier alpha value is -1.35. The number of nitrogens with zero attached hydrogens (tertiary/aromatic N) is 1. The SMILES string of the molecule is CNCC1CCCN1S(=O)(=O)c1cc(Cl)ccc1OCC(N)=O. The normalized spacial score (nSPS) is 19.0. The number of halogens is 1. The molecule has 1 aliphatic rings. The van der Waals surface area contributed by atoms with Crippen molar-refractivity contribution >= 4 is 27.5 Å². The number of carbonyl (C=O) groups is 1. The van der Waals surface area contributed by atoms with E-state index in [0.29, 0.717) is 13.1 Å². The number of nitrogens with two attached hydrogens (primary N) is 1. The van der Waals surface area contributed by atoms with Crippen molar-refractivity contribution in [1.82, 2.24) is 9.62 Å². The van der Waals surface area contributed by atoms with Gasteiger partial charge in [-0.3, -0.25) is 4.79 Å². The molecule has 1 aromatic rings. The molecule has 0 aliphatic carbocycles. The standard InChI is InChI=1S/C14H20ClN3O4S/c1-17-8-11-3-2-6-18(11)23(20,21)13-7-10(15)4-5-12(13)22-9-14(16)19/h4-5,7,11,17H,2-3,6,8-9H2,1H3,(H2,16,19). The summed E-state index contributed by atoms with van der Waals surface area (Å²) in [6, 6.07) is 4.16. The summed E-state index contributed by atoms with van der Waals surface area (Å²) in [5, 5.41) is 3.28. The van der Waals surface area contributed by atoms with Crippen molar-refractivity contribution in [2.45, 2.75) is 23.8 Å². The van der Waals surface area contributed by atoms with Gasteiger partial charge in [-0.1, -0.05) is 11.6 Å². The van der Waals surface area contributed by atoms with Crippen LogP contribution in [0.4, 0.5) is 0 Å². The molecular weight excluding hydrogens is 342 g/mol. The fourth-order valence-electron chi connectivity index (χ4n) is 2.64. The lowest BCUT2D eigenvalue weighted by Gasteiger charge is -2.25. The van der Waals surface area contributed by atoms with Crippen LogP contribution in [0.3, 0.4) is 0 Å². The molecule has 1 saturated heterocycles. The number of nitrogens with one attached hydrogen (secondary N) is 1. The summed E-state index contributed by atoms with van der Waals surface area (Å²) in [5.74, 6) is -0.610. The van der Waals surface area contributed by atoms with E-state index in [9.17, 15) is 13.2 Å². The van der Waals surface area contributed by atoms with Gasteiger partial charge >= 0.3 is 0 Å². The molecule has 23 heavy (non-hydrogen) atoms. The van der Waals surface area contributed by atoms with Gasteiger partial charge in [0, 0.05) is 24.2 Å². The number of likely N-dealkylation sites (N-methyl/N-ethyl adjacent to an activating group) is 1. The molecule has 7 nitrogen and oxygen atoms in total. The Morgan fingerprint density at radius 3 is 2.91 bits per heavy atom. The van der Waals surface area contributed by atoms with Gasteiger partial charge in [0.2, 0.25) is 10.0 Å². The first-order valence-electron chi connectivity index (χ1n) is 7.23. The number of benzene rings is 1. The fourth-order valence-corrected chi connectivity index (χ4v) is 4.73. The Balaban J connectivity index is 2.38. The van der Waals surface area contributed by atoms with Crippen LogP contribution in [0.5, 0.6) is 5.75 Å². The second-order valence-corrected chi connectivity index (χ2v) is 7.61. The third-order valence-electron chi connectivity index (χ3n) is 3.63. The van der Waals surface area contributed by atoms with E-state index in [0.717, 1.165) is 12.8 Å². The lowest BCUT2D eigenvalue weighted by atomic mass is 10.2. The van der Waals surface area contributed by atoms with Gasteiger partial charge in [-0.05, 0) is 38.1 Å². The highest BCUT2D eigenvalue weighted by molar-refractivity contribution is 7.89. The van der Waals surface area contributed by atoms with Gasteiger partial charge in [-0.15, -0.1) is 0 Å². The number of rotatable bonds is 7. The average molecular weight is 362 g/mol. The molecule has 0 aromatic heterocycles. The highest BCUT2D eigenvalue weighted by Gasteiger charge is 2.36. The molecule has 1 amide bonds. The lowest BCUT2D eigenvalue weighted by molar-refractivity contribution is -0.120. The van der Waals surface area contributed by atoms with Crippen LogP contribution in [0.1, 0.15) is 12.8 Å². The Bertz CT molecular complexity index is 681. The maximum atomic E-state index is 13.0. The van der Waals surface area contributed by atoms with Crippen LogP contribution in [-0.2, 0) is 14.8 Å². The van der Waals surface area contributed by atoms with Crippen molar-refractivity contribution in [2.75, 3.05) is 26.7 Å². The quantitative estimate of drug-likeness (QED) is 0.739. The molecule has 1 fully saturated rings. The molecule has 1 heterocycles. The van der Waals surface area contributed by atoms with E-state index < -0.39 is 22.5 Å². The summed E-state index contributed by atoms with van der Waals surface area (Å²) < 4.78 is 32.7. The molecular formula is C14H20ClN3O4S. The molecule has 2 rings (SSSR count). The zero-order valence-corrected chi connectivity index (χ0v) is 14.4. The van der Waals surface area contributed by atoms with E-state index in [-0.39, 0.29) is 21.7 Å². The highest BCUT2D eigenvalue weighted by atomic mass is 35.5. The first-order valence-corrected chi connectivity index (χ1v) is 9.05. The van der Waals surface area contributed by atoms with Crippen LogP contribution in [0, 0.1) is 0 Å². The van der Waals surface area contributed by atoms with Crippen molar-refractivity contribution in [2.24, 2.45) is 5.73 Å². The molecule has 0 radical (unpaired) electrons. The largest absolute Gasteiger partial charge is 0.482 e. The number of hydrogen-bond acceptors (Lipinski definition) is 5. The number of carbonyl (C=O) groups excluding carboxylic acids is 1. The minimum atomic E-state index is -3.78. The smallest absolute Gasteiger partial charge is 0.255 e. The fraction of sp³-hybridized carbons (Fsp3) is 0.500. The zero-order chi connectivity index (χ0) is 17.0. The molecule has 3 N–H and O–H groups in total. The molecule has 0 spiro atoms. The van der Waals surface area contributed by atoms with Gasteiger partial charge in [0.1, 0.15) is 10.6 Å². The van der Waals surface area contributed by atoms with Crippen molar-refractivity contribution in [3.05, 3.63) is 23.2 Å². The van der Waals surface area contributed by atoms with Gasteiger partial charge in [-0.25, -0.2) is 8.42 Å². The molecule has 1 aromatic carbocycles. The van der Waals surface area contributed by atoms with Crippen molar-refractivity contribution in [3.8, 4) is 5.75 Å². The van der Waals surface area contributed by atoms with E-state index in [4.69, 9.17) is 22.1 Å². The molecule has 1 atom stereocenters. The van der Waals surface area contributed by atoms with E-state index in [2.05, 4.69) is 5.32 Å². The van der Waals surface area contributed by atoms with Crippen molar-refractivity contribution in [1.29, 1.82) is 0 Å². The van der Waals surface area contributed by atoms with Gasteiger partial charge in [0.25, 0.3) is 5.91 Å². The predicted molar refractivity (Wildman–Crippen MR) is 87.0 cm³/mol. The maximum Gasteiger partial charge on any atom is 0.255 e. The van der Waals surface area contributed by atoms with Crippen LogP contribution in [0.15, 0.2) is 23.1 Å². The summed E-state index contributed by atoms with van der Waals surface area (Å²) in [6.07, 6.45) is 1.59. The first-order chi connectivity index (χ1) is 10.9. The first kappa shape index (κ1) is 18.0. The topological polar surface area (TPSA) is 102 Å². The third-order valence-corrected chi connectivity index (χ3v) is 5.83. The number of amides is 1. The molecule has 9 heteroatoms. The van der Waals surface area contributed by atoms with E-state index in [1.807, 2.05) is 0 Å². The predicted octanol–water partition coefficient (Wildman–Crippen LogP) is 0.577. The van der Waals surface area contributed by atoms with Gasteiger partial charge in [0.05, 0.1) is 0 Å². The van der Waals surface area contributed by atoms with Gasteiger partial charge < -0.3 is 15.8 Å². The van der Waals surface area contributed by atoms with Crippen LogP contribution in [0.2, 0.25) is 5.02 Å². The van der Waals surface area contributed by atoms with E-state index in [1.165, 1.54) is 22.5 Å². The van der Waals surface area contributed by atoms with Gasteiger partial charge in [0.15, 0.2) is 6.61 Å². The molecule has 1 aliphatic heterocycles. The molecule has 0 bridgehead atoms. The van der Waals surface area contributed by atoms with Gasteiger partial charge in [-0.2, -0.15) is 4.31 Å². The summed E-state index contributed by atoms with van der Waals surface area (Å²) in [4.78, 5) is 10.9. The van der Waals surface area contributed by atoms with Crippen LogP contribution in [0.25, 0.3) is 0 Å². The Labute approximate surface area is 140 Å². The monoisotopic (exact) mass is 361 g/mol. The van der Waals surface area contributed by atoms with Crippen LogP contribution < -0.4 is 15.8 Å². The van der Waals surface area contributed by atoms with E-state index >= 15 is 0 Å². The second-order valence-electron chi connectivity index (χ2n) is 5.32. The average Bonchev–Trinajstić information content (AvgIpc) is 2.95. The summed E-state index contributed by atoms with van der Waals surface area (Å²) in [5.41, 5.74) is 5.05. The Morgan fingerprint density at radius 1 is 1.52 bits per heavy atom. The Kier molecular flexibility index (Phi) is 5.85. The van der Waals surface area contributed by atoms with Crippen LogP contribution in [-0.4, -0.2) is 51.4 Å². The van der Waals surface area contributed by atoms with Crippen molar-refractivity contribution < 1.29 is 17.9 Å². The number of primary amides is 1. The highest BCUT2D eigenvalue weighted by Crippen LogP contribution is 2.33. The van der Waals surface area contributed by atoms with E-state index in [1.54, 1.807) is 7.05 Å². The molecule has 0 saturated carbocycles. The van der Waals surface area contributed by atoms with Crippen molar-refractivity contribution in [3.63, 3.8) is 0 Å². The lowest BCUT2D eigenvalue weighted by Crippen LogP contribution is -2.40. The number of sulfonamides is 1. The molecule has 128 valence electrons. The second kappa shape index (κ2) is 7.48.